The Morgan fingerprint density at radius 2 is 2.06 bits per heavy atom. The standard InChI is InChI=1S/C14H19ClFN/c1-17-10-14(7-2-3-8-14)9-11-5-4-6-12(15)13(11)16/h4-6,17H,2-3,7-10H2,1H3. The van der Waals surface area contributed by atoms with Crippen LogP contribution in [0.4, 0.5) is 4.39 Å². The van der Waals surface area contributed by atoms with Gasteiger partial charge in [-0.25, -0.2) is 4.39 Å². The summed E-state index contributed by atoms with van der Waals surface area (Å²) in [5.74, 6) is -0.239. The lowest BCUT2D eigenvalue weighted by Gasteiger charge is -2.29. The van der Waals surface area contributed by atoms with Crippen LogP contribution >= 0.6 is 11.6 Å². The molecule has 2 rings (SSSR count). The van der Waals surface area contributed by atoms with Crippen LogP contribution in [-0.4, -0.2) is 13.6 Å². The summed E-state index contributed by atoms with van der Waals surface area (Å²) < 4.78 is 13.9. The van der Waals surface area contributed by atoms with Gasteiger partial charge in [-0.15, -0.1) is 0 Å². The van der Waals surface area contributed by atoms with Gasteiger partial charge in [0, 0.05) is 6.54 Å². The molecule has 0 atom stereocenters. The third-order valence-electron chi connectivity index (χ3n) is 3.81. The molecule has 0 spiro atoms. The molecule has 1 aromatic rings. The van der Waals surface area contributed by atoms with Gasteiger partial charge in [0.25, 0.3) is 0 Å². The lowest BCUT2D eigenvalue weighted by Crippen LogP contribution is -2.32. The van der Waals surface area contributed by atoms with Crippen molar-refractivity contribution in [3.63, 3.8) is 0 Å². The lowest BCUT2D eigenvalue weighted by atomic mass is 9.80. The maximum atomic E-state index is 13.9. The quantitative estimate of drug-likeness (QED) is 0.863. The Labute approximate surface area is 107 Å². The summed E-state index contributed by atoms with van der Waals surface area (Å²) in [4.78, 5) is 0. The molecule has 0 heterocycles. The summed E-state index contributed by atoms with van der Waals surface area (Å²) in [5, 5.41) is 3.49. The van der Waals surface area contributed by atoms with Crippen LogP contribution in [0.25, 0.3) is 0 Å². The molecule has 0 aromatic heterocycles. The maximum absolute atomic E-state index is 13.9. The fraction of sp³-hybridized carbons (Fsp3) is 0.571. The third kappa shape index (κ3) is 2.80. The predicted molar refractivity (Wildman–Crippen MR) is 69.9 cm³/mol. The van der Waals surface area contributed by atoms with Gasteiger partial charge >= 0.3 is 0 Å². The van der Waals surface area contributed by atoms with Gasteiger partial charge in [-0.3, -0.25) is 0 Å². The molecule has 1 saturated carbocycles. The third-order valence-corrected chi connectivity index (χ3v) is 4.10. The van der Waals surface area contributed by atoms with Crippen molar-refractivity contribution in [3.8, 4) is 0 Å². The van der Waals surface area contributed by atoms with E-state index in [0.717, 1.165) is 18.5 Å². The first-order chi connectivity index (χ1) is 8.17. The minimum atomic E-state index is -0.239. The summed E-state index contributed by atoms with van der Waals surface area (Å²) >= 11 is 5.83. The van der Waals surface area contributed by atoms with Crippen LogP contribution in [-0.2, 0) is 6.42 Å². The summed E-state index contributed by atoms with van der Waals surface area (Å²) in [6, 6.07) is 5.31. The molecule has 0 radical (unpaired) electrons. The first-order valence-corrected chi connectivity index (χ1v) is 6.62. The number of rotatable bonds is 4. The van der Waals surface area contributed by atoms with E-state index in [1.165, 1.54) is 25.7 Å². The van der Waals surface area contributed by atoms with Crippen LogP contribution in [0.1, 0.15) is 31.2 Å². The highest BCUT2D eigenvalue weighted by atomic mass is 35.5. The van der Waals surface area contributed by atoms with E-state index in [-0.39, 0.29) is 16.3 Å². The molecule has 0 aliphatic heterocycles. The molecule has 1 aliphatic rings. The van der Waals surface area contributed by atoms with Crippen LogP contribution in [0, 0.1) is 11.2 Å². The van der Waals surface area contributed by atoms with Gasteiger partial charge in [0.15, 0.2) is 0 Å². The van der Waals surface area contributed by atoms with E-state index in [4.69, 9.17) is 11.6 Å². The molecule has 0 bridgehead atoms. The Kier molecular flexibility index (Phi) is 4.05. The topological polar surface area (TPSA) is 12.0 Å². The van der Waals surface area contributed by atoms with Crippen molar-refractivity contribution in [2.45, 2.75) is 32.1 Å². The van der Waals surface area contributed by atoms with E-state index in [2.05, 4.69) is 5.32 Å². The molecule has 17 heavy (non-hydrogen) atoms. The zero-order chi connectivity index (χ0) is 12.3. The zero-order valence-corrected chi connectivity index (χ0v) is 11.0. The van der Waals surface area contributed by atoms with E-state index < -0.39 is 0 Å². The SMILES string of the molecule is CNCC1(Cc2cccc(Cl)c2F)CCCC1. The Hall–Kier alpha value is -0.600. The number of halogens is 2. The molecule has 1 aromatic carbocycles. The number of hydrogen-bond donors (Lipinski definition) is 1. The second-order valence-corrected chi connectivity index (χ2v) is 5.53. The minimum Gasteiger partial charge on any atom is -0.319 e. The Balaban J connectivity index is 2.20. The molecule has 1 N–H and O–H groups in total. The molecule has 1 aliphatic carbocycles. The number of benzene rings is 1. The van der Waals surface area contributed by atoms with Gasteiger partial charge in [0.05, 0.1) is 5.02 Å². The van der Waals surface area contributed by atoms with Crippen molar-refractivity contribution < 1.29 is 4.39 Å². The second kappa shape index (κ2) is 5.36. The van der Waals surface area contributed by atoms with Gasteiger partial charge in [0.1, 0.15) is 5.82 Å². The van der Waals surface area contributed by atoms with Gasteiger partial charge in [-0.05, 0) is 43.4 Å². The highest BCUT2D eigenvalue weighted by Gasteiger charge is 2.34. The smallest absolute Gasteiger partial charge is 0.144 e. The number of nitrogens with one attached hydrogen (secondary N) is 1. The Morgan fingerprint density at radius 1 is 1.35 bits per heavy atom. The molecule has 0 saturated heterocycles. The average molecular weight is 256 g/mol. The lowest BCUT2D eigenvalue weighted by molar-refractivity contribution is 0.282. The van der Waals surface area contributed by atoms with Gasteiger partial charge in [-0.2, -0.15) is 0 Å². The highest BCUT2D eigenvalue weighted by Crippen LogP contribution is 2.41. The molecule has 1 fully saturated rings. The fourth-order valence-corrected chi connectivity index (χ4v) is 3.20. The molecule has 3 heteroatoms. The maximum Gasteiger partial charge on any atom is 0.144 e. The van der Waals surface area contributed by atoms with E-state index in [1.807, 2.05) is 19.2 Å². The largest absolute Gasteiger partial charge is 0.319 e. The van der Waals surface area contributed by atoms with Crippen molar-refractivity contribution in [2.24, 2.45) is 5.41 Å². The normalized spacial score (nSPS) is 18.5. The van der Waals surface area contributed by atoms with Crippen molar-refractivity contribution in [3.05, 3.63) is 34.6 Å². The number of hydrogen-bond acceptors (Lipinski definition) is 1. The summed E-state index contributed by atoms with van der Waals surface area (Å²) in [6.45, 7) is 0.957. The molecule has 1 nitrogen and oxygen atoms in total. The Morgan fingerprint density at radius 3 is 2.71 bits per heavy atom. The summed E-state index contributed by atoms with van der Waals surface area (Å²) in [7, 11) is 1.97. The average Bonchev–Trinajstić information content (AvgIpc) is 2.74. The van der Waals surface area contributed by atoms with Crippen molar-refractivity contribution in [1.29, 1.82) is 0 Å². The van der Waals surface area contributed by atoms with E-state index in [0.29, 0.717) is 0 Å². The van der Waals surface area contributed by atoms with Crippen LogP contribution < -0.4 is 5.32 Å². The van der Waals surface area contributed by atoms with Crippen molar-refractivity contribution in [1.82, 2.24) is 5.32 Å². The predicted octanol–water partition coefficient (Wildman–Crippen LogP) is 3.80. The molecular formula is C14H19ClFN. The van der Waals surface area contributed by atoms with E-state index in [1.54, 1.807) is 6.07 Å². The first-order valence-electron chi connectivity index (χ1n) is 6.24. The molecule has 0 unspecified atom stereocenters. The Bertz CT molecular complexity index is 386. The van der Waals surface area contributed by atoms with Crippen LogP contribution in [0.5, 0.6) is 0 Å². The molecular weight excluding hydrogens is 237 g/mol. The monoisotopic (exact) mass is 255 g/mol. The van der Waals surface area contributed by atoms with Gasteiger partial charge < -0.3 is 5.32 Å². The zero-order valence-electron chi connectivity index (χ0n) is 10.2. The van der Waals surface area contributed by atoms with E-state index in [9.17, 15) is 4.39 Å². The fourth-order valence-electron chi connectivity index (χ4n) is 3.01. The first kappa shape index (κ1) is 12.8. The van der Waals surface area contributed by atoms with Crippen LogP contribution in [0.2, 0.25) is 5.02 Å². The van der Waals surface area contributed by atoms with E-state index >= 15 is 0 Å². The summed E-state index contributed by atoms with van der Waals surface area (Å²) in [6.07, 6.45) is 5.66. The molecule has 94 valence electrons. The van der Waals surface area contributed by atoms with Crippen molar-refractivity contribution >= 4 is 11.6 Å². The summed E-state index contributed by atoms with van der Waals surface area (Å²) in [5.41, 5.74) is 0.981. The second-order valence-electron chi connectivity index (χ2n) is 5.13. The minimum absolute atomic E-state index is 0.222. The molecule has 0 amide bonds. The van der Waals surface area contributed by atoms with Gasteiger partial charge in [0.2, 0.25) is 0 Å². The van der Waals surface area contributed by atoms with Gasteiger partial charge in [-0.1, -0.05) is 36.6 Å². The van der Waals surface area contributed by atoms with Crippen LogP contribution in [0.15, 0.2) is 18.2 Å². The van der Waals surface area contributed by atoms with Crippen LogP contribution in [0.3, 0.4) is 0 Å². The van der Waals surface area contributed by atoms with Crippen molar-refractivity contribution in [2.75, 3.05) is 13.6 Å². The highest BCUT2D eigenvalue weighted by molar-refractivity contribution is 6.30.